The Balaban J connectivity index is 1.87. The average molecular weight is 246 g/mol. The Labute approximate surface area is 110 Å². The highest BCUT2D eigenvalue weighted by Gasteiger charge is 2.40. The molecule has 2 nitrogen and oxygen atoms in total. The maximum atomic E-state index is 5.88. The monoisotopic (exact) mass is 246 g/mol. The van der Waals surface area contributed by atoms with E-state index in [9.17, 15) is 0 Å². The Bertz CT molecular complexity index is 405. The van der Waals surface area contributed by atoms with Crippen molar-refractivity contribution in [1.29, 1.82) is 0 Å². The molecule has 1 atom stereocenters. The summed E-state index contributed by atoms with van der Waals surface area (Å²) in [6.45, 7) is 5.62. The minimum absolute atomic E-state index is 0.0436. The van der Waals surface area contributed by atoms with Crippen molar-refractivity contribution < 1.29 is 9.47 Å². The summed E-state index contributed by atoms with van der Waals surface area (Å²) in [5.74, 6) is 1.01. The van der Waals surface area contributed by atoms with Crippen LogP contribution in [-0.4, -0.2) is 18.8 Å². The molecule has 0 saturated carbocycles. The molecule has 1 fully saturated rings. The van der Waals surface area contributed by atoms with Crippen LogP contribution >= 0.6 is 0 Å². The largest absolute Gasteiger partial charge is 0.490 e. The van der Waals surface area contributed by atoms with Crippen LogP contribution in [0.1, 0.15) is 32.3 Å². The van der Waals surface area contributed by atoms with E-state index in [4.69, 9.17) is 9.47 Å². The van der Waals surface area contributed by atoms with E-state index in [0.29, 0.717) is 6.61 Å². The minimum Gasteiger partial charge on any atom is -0.490 e. The van der Waals surface area contributed by atoms with E-state index in [1.54, 1.807) is 0 Å². The number of hydrogen-bond acceptors (Lipinski definition) is 2. The normalized spacial score (nSPS) is 22.3. The van der Waals surface area contributed by atoms with Gasteiger partial charge in [0.2, 0.25) is 0 Å². The predicted octanol–water partition coefficient (Wildman–Crippen LogP) is 3.75. The van der Waals surface area contributed by atoms with Crippen molar-refractivity contribution in [2.45, 2.75) is 38.7 Å². The number of unbranched alkanes of at least 4 members (excludes halogenated alkanes) is 1. The predicted molar refractivity (Wildman–Crippen MR) is 74.0 cm³/mol. The third-order valence-corrected chi connectivity index (χ3v) is 3.20. The van der Waals surface area contributed by atoms with E-state index >= 15 is 0 Å². The van der Waals surface area contributed by atoms with Crippen LogP contribution in [-0.2, 0) is 11.2 Å². The third kappa shape index (κ3) is 3.88. The van der Waals surface area contributed by atoms with E-state index in [-0.39, 0.29) is 5.60 Å². The third-order valence-electron chi connectivity index (χ3n) is 3.20. The molecule has 1 aliphatic rings. The Morgan fingerprint density at radius 2 is 2.17 bits per heavy atom. The first-order valence-electron chi connectivity index (χ1n) is 6.69. The van der Waals surface area contributed by atoms with E-state index < -0.39 is 0 Å². The molecule has 1 heterocycles. The molecule has 2 rings (SSSR count). The van der Waals surface area contributed by atoms with Gasteiger partial charge in [-0.15, -0.1) is 0 Å². The Morgan fingerprint density at radius 1 is 1.39 bits per heavy atom. The number of allylic oxidation sites excluding steroid dienone is 2. The van der Waals surface area contributed by atoms with Crippen LogP contribution in [0.4, 0.5) is 0 Å². The fourth-order valence-corrected chi connectivity index (χ4v) is 1.87. The van der Waals surface area contributed by atoms with Gasteiger partial charge in [0.15, 0.2) is 0 Å². The van der Waals surface area contributed by atoms with Crippen LogP contribution in [0.25, 0.3) is 0 Å². The molecule has 0 aromatic heterocycles. The molecule has 1 aliphatic heterocycles. The van der Waals surface area contributed by atoms with Crippen LogP contribution in [0.15, 0.2) is 36.4 Å². The molecular formula is C16H22O2. The van der Waals surface area contributed by atoms with Gasteiger partial charge in [0.25, 0.3) is 0 Å². The summed E-state index contributed by atoms with van der Waals surface area (Å²) in [5, 5.41) is 0. The SMILES string of the molecule is C/C=C/CCCc1ccccc1OCC1(C)CO1. The Hall–Kier alpha value is -1.28. The van der Waals surface area contributed by atoms with Crippen LogP contribution in [0.3, 0.4) is 0 Å². The van der Waals surface area contributed by atoms with E-state index in [0.717, 1.165) is 25.2 Å². The van der Waals surface area contributed by atoms with Crippen molar-refractivity contribution in [2.75, 3.05) is 13.2 Å². The fraction of sp³-hybridized carbons (Fsp3) is 0.500. The van der Waals surface area contributed by atoms with Gasteiger partial charge in [-0.2, -0.15) is 0 Å². The number of epoxide rings is 1. The summed E-state index contributed by atoms with van der Waals surface area (Å²) < 4.78 is 11.2. The summed E-state index contributed by atoms with van der Waals surface area (Å²) in [7, 11) is 0. The van der Waals surface area contributed by atoms with Crippen molar-refractivity contribution in [3.63, 3.8) is 0 Å². The highest BCUT2D eigenvalue weighted by atomic mass is 16.6. The second-order valence-electron chi connectivity index (χ2n) is 5.10. The van der Waals surface area contributed by atoms with E-state index in [1.165, 1.54) is 12.0 Å². The number of hydrogen-bond donors (Lipinski definition) is 0. The quantitative estimate of drug-likeness (QED) is 0.415. The summed E-state index contributed by atoms with van der Waals surface area (Å²) in [6, 6.07) is 8.31. The zero-order valence-corrected chi connectivity index (χ0v) is 11.3. The lowest BCUT2D eigenvalue weighted by molar-refractivity contribution is 0.201. The van der Waals surface area contributed by atoms with Gasteiger partial charge in [-0.25, -0.2) is 0 Å². The molecule has 1 unspecified atom stereocenters. The molecule has 98 valence electrons. The zero-order valence-electron chi connectivity index (χ0n) is 11.3. The van der Waals surface area contributed by atoms with Gasteiger partial charge in [0.1, 0.15) is 18.0 Å². The van der Waals surface area contributed by atoms with Gasteiger partial charge in [-0.1, -0.05) is 30.4 Å². The molecule has 0 aliphatic carbocycles. The maximum Gasteiger partial charge on any atom is 0.123 e. The molecule has 0 amide bonds. The van der Waals surface area contributed by atoms with Gasteiger partial charge in [-0.05, 0) is 44.7 Å². The summed E-state index contributed by atoms with van der Waals surface area (Å²) in [4.78, 5) is 0. The first-order valence-corrected chi connectivity index (χ1v) is 6.69. The number of benzene rings is 1. The van der Waals surface area contributed by atoms with E-state index in [2.05, 4.69) is 44.2 Å². The second-order valence-corrected chi connectivity index (χ2v) is 5.10. The molecule has 0 radical (unpaired) electrons. The summed E-state index contributed by atoms with van der Waals surface area (Å²) in [6.07, 6.45) is 7.68. The molecule has 18 heavy (non-hydrogen) atoms. The molecule has 0 N–H and O–H groups in total. The van der Waals surface area contributed by atoms with Gasteiger partial charge >= 0.3 is 0 Å². The van der Waals surface area contributed by atoms with Crippen molar-refractivity contribution in [3.8, 4) is 5.75 Å². The van der Waals surface area contributed by atoms with Crippen molar-refractivity contribution in [1.82, 2.24) is 0 Å². The highest BCUT2D eigenvalue weighted by molar-refractivity contribution is 5.33. The summed E-state index contributed by atoms with van der Waals surface area (Å²) >= 11 is 0. The lowest BCUT2D eigenvalue weighted by Crippen LogP contribution is -2.17. The molecular weight excluding hydrogens is 224 g/mol. The molecule has 1 aromatic rings. The fourth-order valence-electron chi connectivity index (χ4n) is 1.87. The van der Waals surface area contributed by atoms with Gasteiger partial charge in [0, 0.05) is 0 Å². The van der Waals surface area contributed by atoms with Gasteiger partial charge < -0.3 is 9.47 Å². The second kappa shape index (κ2) is 6.05. The van der Waals surface area contributed by atoms with Crippen LogP contribution in [0.2, 0.25) is 0 Å². The molecule has 1 aromatic carbocycles. The van der Waals surface area contributed by atoms with Crippen LogP contribution < -0.4 is 4.74 Å². The van der Waals surface area contributed by atoms with Crippen LogP contribution in [0.5, 0.6) is 5.75 Å². The number of aryl methyl sites for hydroxylation is 1. The Kier molecular flexibility index (Phi) is 4.43. The number of rotatable bonds is 7. The molecule has 0 spiro atoms. The topological polar surface area (TPSA) is 21.8 Å². The van der Waals surface area contributed by atoms with Gasteiger partial charge in [-0.3, -0.25) is 0 Å². The maximum absolute atomic E-state index is 5.88. The van der Waals surface area contributed by atoms with Gasteiger partial charge in [0.05, 0.1) is 6.61 Å². The zero-order chi connectivity index (χ0) is 12.8. The molecule has 0 bridgehead atoms. The molecule has 2 heteroatoms. The standard InChI is InChI=1S/C16H22O2/c1-3-4-5-6-9-14-10-7-8-11-15(14)17-12-16(2)13-18-16/h3-4,7-8,10-11H,5-6,9,12-13H2,1-2H3/b4-3+. The van der Waals surface area contributed by atoms with Crippen molar-refractivity contribution >= 4 is 0 Å². The first-order chi connectivity index (χ1) is 8.73. The Morgan fingerprint density at radius 3 is 2.89 bits per heavy atom. The first kappa shape index (κ1) is 13.2. The highest BCUT2D eigenvalue weighted by Crippen LogP contribution is 2.28. The number of ether oxygens (including phenoxy) is 2. The van der Waals surface area contributed by atoms with E-state index in [1.807, 2.05) is 6.07 Å². The van der Waals surface area contributed by atoms with Crippen molar-refractivity contribution in [3.05, 3.63) is 42.0 Å². The molecule has 1 saturated heterocycles. The average Bonchev–Trinajstić information content (AvgIpc) is 3.12. The minimum atomic E-state index is -0.0436. The number of para-hydroxylation sites is 1. The van der Waals surface area contributed by atoms with Crippen molar-refractivity contribution in [2.24, 2.45) is 0 Å². The van der Waals surface area contributed by atoms with Crippen LogP contribution in [0, 0.1) is 0 Å². The smallest absolute Gasteiger partial charge is 0.123 e. The summed E-state index contributed by atoms with van der Waals surface area (Å²) in [5.41, 5.74) is 1.25. The lowest BCUT2D eigenvalue weighted by atomic mass is 10.1. The lowest BCUT2D eigenvalue weighted by Gasteiger charge is -2.12.